The molecule has 21 heavy (non-hydrogen) atoms. The number of carbonyl (C=O) groups excluding carboxylic acids is 2. The second kappa shape index (κ2) is 6.21. The van der Waals surface area contributed by atoms with Crippen molar-refractivity contribution in [3.63, 3.8) is 0 Å². The molecule has 1 aromatic heterocycles. The van der Waals surface area contributed by atoms with Gasteiger partial charge >= 0.3 is 5.97 Å². The summed E-state index contributed by atoms with van der Waals surface area (Å²) >= 11 is 0. The Morgan fingerprint density at radius 2 is 2.10 bits per heavy atom. The van der Waals surface area contributed by atoms with Crippen LogP contribution in [0.1, 0.15) is 23.0 Å². The molecule has 1 heterocycles. The van der Waals surface area contributed by atoms with Gasteiger partial charge in [0.15, 0.2) is 0 Å². The van der Waals surface area contributed by atoms with E-state index < -0.39 is 11.9 Å². The van der Waals surface area contributed by atoms with Crippen LogP contribution in [0.2, 0.25) is 0 Å². The first-order valence-electron chi connectivity index (χ1n) is 6.62. The number of ether oxygens (including phenoxy) is 1. The second-order valence-electron chi connectivity index (χ2n) is 4.54. The Morgan fingerprint density at radius 1 is 1.33 bits per heavy atom. The lowest BCUT2D eigenvalue weighted by Crippen LogP contribution is -2.31. The van der Waals surface area contributed by atoms with E-state index in [0.717, 1.165) is 10.9 Å². The fraction of sp³-hybridized carbons (Fsp3) is 0.267. The van der Waals surface area contributed by atoms with Crippen molar-refractivity contribution < 1.29 is 14.3 Å². The van der Waals surface area contributed by atoms with Crippen molar-refractivity contribution in [2.75, 3.05) is 18.9 Å². The second-order valence-corrected chi connectivity index (χ2v) is 4.54. The number of aromatic nitrogens is 1. The van der Waals surface area contributed by atoms with E-state index in [0.29, 0.717) is 11.1 Å². The number of rotatable bonds is 4. The lowest BCUT2D eigenvalue weighted by atomic mass is 10.0. The summed E-state index contributed by atoms with van der Waals surface area (Å²) in [6.07, 6.45) is 1.53. The minimum absolute atomic E-state index is 0.188. The van der Waals surface area contributed by atoms with Crippen molar-refractivity contribution >= 4 is 28.3 Å². The van der Waals surface area contributed by atoms with Crippen LogP contribution < -0.4 is 11.1 Å². The molecule has 0 aliphatic carbocycles. The standard InChI is InChI=1S/C15H17N3O3/c1-3-21-12(19)8-18-15(20)14-13-9(2)4-5-11(16)10(13)6-7-17-14/h4-7H,3,8,16H2,1-2H3,(H,18,20). The summed E-state index contributed by atoms with van der Waals surface area (Å²) < 4.78 is 4.76. The monoisotopic (exact) mass is 287 g/mol. The Bertz CT molecular complexity index is 698. The van der Waals surface area contributed by atoms with Gasteiger partial charge in [0, 0.05) is 22.7 Å². The molecule has 0 saturated carbocycles. The third kappa shape index (κ3) is 3.10. The molecule has 2 rings (SSSR count). The van der Waals surface area contributed by atoms with Crippen LogP contribution >= 0.6 is 0 Å². The van der Waals surface area contributed by atoms with Gasteiger partial charge in [-0.15, -0.1) is 0 Å². The zero-order valence-corrected chi connectivity index (χ0v) is 12.0. The summed E-state index contributed by atoms with van der Waals surface area (Å²) in [4.78, 5) is 27.6. The number of anilines is 1. The van der Waals surface area contributed by atoms with Crippen molar-refractivity contribution in [3.05, 3.63) is 35.7 Å². The zero-order valence-electron chi connectivity index (χ0n) is 12.0. The lowest BCUT2D eigenvalue weighted by molar-refractivity contribution is -0.141. The van der Waals surface area contributed by atoms with Gasteiger partial charge in [-0.1, -0.05) is 6.07 Å². The van der Waals surface area contributed by atoms with Crippen molar-refractivity contribution in [1.29, 1.82) is 0 Å². The van der Waals surface area contributed by atoms with Gasteiger partial charge in [-0.3, -0.25) is 14.6 Å². The van der Waals surface area contributed by atoms with Crippen molar-refractivity contribution in [1.82, 2.24) is 10.3 Å². The number of nitrogens with zero attached hydrogens (tertiary/aromatic N) is 1. The molecule has 0 radical (unpaired) electrons. The number of nitrogens with two attached hydrogens (primary N) is 1. The van der Waals surface area contributed by atoms with Crippen LogP contribution in [0.4, 0.5) is 5.69 Å². The number of benzene rings is 1. The van der Waals surface area contributed by atoms with E-state index in [1.807, 2.05) is 13.0 Å². The molecule has 6 nitrogen and oxygen atoms in total. The largest absolute Gasteiger partial charge is 0.465 e. The van der Waals surface area contributed by atoms with Crippen LogP contribution in [0, 0.1) is 6.92 Å². The highest BCUT2D eigenvalue weighted by Gasteiger charge is 2.15. The Hall–Kier alpha value is -2.63. The molecule has 0 spiro atoms. The van der Waals surface area contributed by atoms with E-state index in [1.54, 1.807) is 19.1 Å². The summed E-state index contributed by atoms with van der Waals surface area (Å²) in [5.41, 5.74) is 7.65. The average Bonchev–Trinajstić information content (AvgIpc) is 2.48. The van der Waals surface area contributed by atoms with E-state index in [1.165, 1.54) is 6.20 Å². The number of fused-ring (bicyclic) bond motifs is 1. The minimum Gasteiger partial charge on any atom is -0.465 e. The van der Waals surface area contributed by atoms with E-state index in [9.17, 15) is 9.59 Å². The summed E-state index contributed by atoms with van der Waals surface area (Å²) in [7, 11) is 0. The lowest BCUT2D eigenvalue weighted by Gasteiger charge is -2.10. The predicted octanol–water partition coefficient (Wildman–Crippen LogP) is 1.42. The van der Waals surface area contributed by atoms with E-state index in [2.05, 4.69) is 10.3 Å². The van der Waals surface area contributed by atoms with Crippen molar-refractivity contribution in [2.45, 2.75) is 13.8 Å². The van der Waals surface area contributed by atoms with Crippen LogP contribution in [-0.4, -0.2) is 30.0 Å². The maximum Gasteiger partial charge on any atom is 0.325 e. The molecule has 0 atom stereocenters. The Kier molecular flexibility index (Phi) is 4.37. The quantitative estimate of drug-likeness (QED) is 0.655. The van der Waals surface area contributed by atoms with Gasteiger partial charge in [-0.05, 0) is 31.5 Å². The molecule has 0 unspecified atom stereocenters. The number of nitrogen functional groups attached to an aromatic ring is 1. The summed E-state index contributed by atoms with van der Waals surface area (Å²) in [5.74, 6) is -0.912. The topological polar surface area (TPSA) is 94.3 Å². The highest BCUT2D eigenvalue weighted by atomic mass is 16.5. The molecule has 0 saturated heterocycles. The van der Waals surface area contributed by atoms with Crippen LogP contribution in [-0.2, 0) is 9.53 Å². The van der Waals surface area contributed by atoms with E-state index in [4.69, 9.17) is 10.5 Å². The molecule has 0 fully saturated rings. The normalized spacial score (nSPS) is 10.4. The highest BCUT2D eigenvalue weighted by Crippen LogP contribution is 2.26. The Balaban J connectivity index is 2.32. The van der Waals surface area contributed by atoms with E-state index in [-0.39, 0.29) is 18.8 Å². The van der Waals surface area contributed by atoms with Crippen LogP contribution in [0.3, 0.4) is 0 Å². The molecular formula is C15H17N3O3. The number of carbonyl (C=O) groups is 2. The third-order valence-corrected chi connectivity index (χ3v) is 3.08. The minimum atomic E-state index is -0.484. The smallest absolute Gasteiger partial charge is 0.325 e. The average molecular weight is 287 g/mol. The first-order chi connectivity index (χ1) is 10.0. The zero-order chi connectivity index (χ0) is 15.4. The summed E-state index contributed by atoms with van der Waals surface area (Å²) in [6.45, 7) is 3.67. The van der Waals surface area contributed by atoms with Gasteiger partial charge in [0.05, 0.1) is 6.61 Å². The van der Waals surface area contributed by atoms with Crippen LogP contribution in [0.5, 0.6) is 0 Å². The van der Waals surface area contributed by atoms with Gasteiger partial charge in [-0.2, -0.15) is 0 Å². The Morgan fingerprint density at radius 3 is 2.81 bits per heavy atom. The third-order valence-electron chi connectivity index (χ3n) is 3.08. The van der Waals surface area contributed by atoms with Crippen LogP contribution in [0.25, 0.3) is 10.8 Å². The molecule has 0 aliphatic heterocycles. The fourth-order valence-corrected chi connectivity index (χ4v) is 2.11. The molecule has 2 aromatic rings. The number of hydrogen-bond acceptors (Lipinski definition) is 5. The van der Waals surface area contributed by atoms with Crippen molar-refractivity contribution in [3.8, 4) is 0 Å². The van der Waals surface area contributed by atoms with E-state index >= 15 is 0 Å². The molecule has 0 aliphatic rings. The molecule has 110 valence electrons. The maximum atomic E-state index is 12.2. The highest BCUT2D eigenvalue weighted by molar-refractivity contribution is 6.09. The van der Waals surface area contributed by atoms with Crippen molar-refractivity contribution in [2.24, 2.45) is 0 Å². The molecule has 1 aromatic carbocycles. The van der Waals surface area contributed by atoms with Gasteiger partial charge < -0.3 is 15.8 Å². The molecule has 6 heteroatoms. The number of aryl methyl sites for hydroxylation is 1. The van der Waals surface area contributed by atoms with Crippen LogP contribution in [0.15, 0.2) is 24.4 Å². The number of hydrogen-bond donors (Lipinski definition) is 2. The first kappa shape index (κ1) is 14.8. The van der Waals surface area contributed by atoms with Gasteiger partial charge in [0.1, 0.15) is 12.2 Å². The molecule has 1 amide bonds. The maximum absolute atomic E-state index is 12.2. The number of nitrogens with one attached hydrogen (secondary N) is 1. The molecular weight excluding hydrogens is 270 g/mol. The summed E-state index contributed by atoms with van der Waals surface area (Å²) in [5, 5.41) is 3.97. The number of amides is 1. The van der Waals surface area contributed by atoms with Gasteiger partial charge in [-0.25, -0.2) is 0 Å². The predicted molar refractivity (Wildman–Crippen MR) is 79.9 cm³/mol. The fourth-order valence-electron chi connectivity index (χ4n) is 2.11. The Labute approximate surface area is 122 Å². The molecule has 3 N–H and O–H groups in total. The first-order valence-corrected chi connectivity index (χ1v) is 6.62. The summed E-state index contributed by atoms with van der Waals surface area (Å²) in [6, 6.07) is 5.39. The van der Waals surface area contributed by atoms with Gasteiger partial charge in [0.2, 0.25) is 0 Å². The van der Waals surface area contributed by atoms with Gasteiger partial charge in [0.25, 0.3) is 5.91 Å². The number of esters is 1. The SMILES string of the molecule is CCOC(=O)CNC(=O)c1nccc2c(N)ccc(C)c12. The number of pyridine rings is 1. The molecule has 0 bridgehead atoms.